The topological polar surface area (TPSA) is 29.3 Å². The van der Waals surface area contributed by atoms with E-state index in [1.54, 1.807) is 0 Å². The average Bonchev–Trinajstić information content (AvgIpc) is 2.45. The first-order valence-electron chi connectivity index (χ1n) is 4.37. The fourth-order valence-corrected chi connectivity index (χ4v) is 3.57. The normalized spacial score (nSPS) is 39.8. The van der Waals surface area contributed by atoms with Crippen molar-refractivity contribution in [2.45, 2.75) is 30.7 Å². The summed E-state index contributed by atoms with van der Waals surface area (Å²) in [5.41, 5.74) is 5.76. The Labute approximate surface area is 72.5 Å². The lowest BCUT2D eigenvalue weighted by atomic mass is 10.2. The van der Waals surface area contributed by atoms with Crippen LogP contribution in [-0.2, 0) is 0 Å². The molecule has 2 saturated heterocycles. The molecule has 2 bridgehead atoms. The van der Waals surface area contributed by atoms with Gasteiger partial charge in [-0.15, -0.1) is 0 Å². The molecule has 64 valence electrons. The van der Waals surface area contributed by atoms with Crippen molar-refractivity contribution in [2.75, 3.05) is 18.8 Å². The van der Waals surface area contributed by atoms with Crippen LogP contribution in [0.3, 0.4) is 0 Å². The first kappa shape index (κ1) is 7.90. The van der Waals surface area contributed by atoms with Crippen molar-refractivity contribution in [3.05, 3.63) is 0 Å². The van der Waals surface area contributed by atoms with Crippen molar-refractivity contribution in [3.8, 4) is 0 Å². The van der Waals surface area contributed by atoms with E-state index in [4.69, 9.17) is 5.73 Å². The van der Waals surface area contributed by atoms with Crippen LogP contribution < -0.4 is 5.73 Å². The number of fused-ring (bicyclic) bond motifs is 2. The molecule has 0 saturated carbocycles. The number of rotatable bonds is 2. The zero-order valence-corrected chi connectivity index (χ0v) is 7.81. The lowest BCUT2D eigenvalue weighted by molar-refractivity contribution is 0.257. The molecule has 2 heterocycles. The molecule has 0 radical (unpaired) electrons. The molecular formula is C8H16N2S. The lowest BCUT2D eigenvalue weighted by Gasteiger charge is -2.27. The van der Waals surface area contributed by atoms with Crippen LogP contribution in [0.25, 0.3) is 0 Å². The van der Waals surface area contributed by atoms with Gasteiger partial charge in [0.05, 0.1) is 0 Å². The standard InChI is InChI=1S/C8H16N2S/c1-6(9)3-10-4-8-2-7(10)5-11-8/h6-8H,2-5,9H2,1H3. The summed E-state index contributed by atoms with van der Waals surface area (Å²) in [7, 11) is 0. The summed E-state index contributed by atoms with van der Waals surface area (Å²) < 4.78 is 0. The van der Waals surface area contributed by atoms with Crippen molar-refractivity contribution < 1.29 is 0 Å². The monoisotopic (exact) mass is 172 g/mol. The Kier molecular flexibility index (Phi) is 2.12. The molecule has 2 nitrogen and oxygen atoms in total. The third-order valence-corrected chi connectivity index (χ3v) is 3.93. The summed E-state index contributed by atoms with van der Waals surface area (Å²) in [5.74, 6) is 1.34. The molecule has 0 amide bonds. The largest absolute Gasteiger partial charge is 0.327 e. The summed E-state index contributed by atoms with van der Waals surface area (Å²) >= 11 is 2.14. The SMILES string of the molecule is CC(N)CN1CC2CC1CS2. The Morgan fingerprint density at radius 2 is 2.55 bits per heavy atom. The van der Waals surface area contributed by atoms with Gasteiger partial charge in [-0.1, -0.05) is 0 Å². The van der Waals surface area contributed by atoms with Gasteiger partial charge in [0.15, 0.2) is 0 Å². The molecule has 0 aliphatic carbocycles. The number of hydrogen-bond acceptors (Lipinski definition) is 3. The van der Waals surface area contributed by atoms with E-state index in [2.05, 4.69) is 23.6 Å². The molecule has 3 atom stereocenters. The Hall–Kier alpha value is 0.270. The van der Waals surface area contributed by atoms with E-state index in [1.165, 1.54) is 18.7 Å². The van der Waals surface area contributed by atoms with E-state index >= 15 is 0 Å². The fourth-order valence-electron chi connectivity index (χ4n) is 2.07. The number of nitrogens with two attached hydrogens (primary N) is 1. The maximum absolute atomic E-state index is 5.76. The maximum Gasteiger partial charge on any atom is 0.0198 e. The van der Waals surface area contributed by atoms with E-state index in [0.29, 0.717) is 6.04 Å². The predicted octanol–water partition coefficient (Wildman–Crippen LogP) is 0.523. The summed E-state index contributed by atoms with van der Waals surface area (Å²) in [6.07, 6.45) is 1.41. The Morgan fingerprint density at radius 3 is 3.00 bits per heavy atom. The molecule has 0 aromatic rings. The number of hydrogen-bond donors (Lipinski definition) is 1. The Balaban J connectivity index is 1.87. The quantitative estimate of drug-likeness (QED) is 0.658. The van der Waals surface area contributed by atoms with Gasteiger partial charge in [0.1, 0.15) is 0 Å². The molecule has 11 heavy (non-hydrogen) atoms. The van der Waals surface area contributed by atoms with Crippen LogP contribution in [0.2, 0.25) is 0 Å². The highest BCUT2D eigenvalue weighted by atomic mass is 32.2. The van der Waals surface area contributed by atoms with Gasteiger partial charge in [-0.25, -0.2) is 0 Å². The van der Waals surface area contributed by atoms with E-state index < -0.39 is 0 Å². The van der Waals surface area contributed by atoms with Crippen LogP contribution >= 0.6 is 11.8 Å². The number of thioether (sulfide) groups is 1. The van der Waals surface area contributed by atoms with Crippen LogP contribution in [0.4, 0.5) is 0 Å². The third-order valence-electron chi connectivity index (χ3n) is 2.54. The summed E-state index contributed by atoms with van der Waals surface area (Å²) in [6.45, 7) is 4.48. The summed E-state index contributed by atoms with van der Waals surface area (Å²) in [4.78, 5) is 2.56. The Bertz CT molecular complexity index is 149. The molecule has 0 aromatic carbocycles. The van der Waals surface area contributed by atoms with Gasteiger partial charge in [0.25, 0.3) is 0 Å². The van der Waals surface area contributed by atoms with Crippen LogP contribution in [-0.4, -0.2) is 41.1 Å². The summed E-state index contributed by atoms with van der Waals surface area (Å²) in [5, 5.41) is 0.929. The first-order valence-corrected chi connectivity index (χ1v) is 5.42. The van der Waals surface area contributed by atoms with Crippen molar-refractivity contribution in [1.82, 2.24) is 4.90 Å². The van der Waals surface area contributed by atoms with Gasteiger partial charge in [0, 0.05) is 36.2 Å². The molecule has 3 heteroatoms. The van der Waals surface area contributed by atoms with Crippen LogP contribution in [0, 0.1) is 0 Å². The molecule has 2 rings (SSSR count). The van der Waals surface area contributed by atoms with Crippen molar-refractivity contribution in [1.29, 1.82) is 0 Å². The van der Waals surface area contributed by atoms with Gasteiger partial charge in [-0.3, -0.25) is 4.90 Å². The molecule has 3 unspecified atom stereocenters. The molecular weight excluding hydrogens is 156 g/mol. The van der Waals surface area contributed by atoms with Gasteiger partial charge >= 0.3 is 0 Å². The summed E-state index contributed by atoms with van der Waals surface area (Å²) in [6, 6.07) is 1.20. The molecule has 2 N–H and O–H groups in total. The van der Waals surface area contributed by atoms with Gasteiger partial charge in [-0.05, 0) is 13.3 Å². The van der Waals surface area contributed by atoms with Crippen LogP contribution in [0.5, 0.6) is 0 Å². The van der Waals surface area contributed by atoms with Crippen LogP contribution in [0.15, 0.2) is 0 Å². The minimum Gasteiger partial charge on any atom is -0.327 e. The molecule has 0 spiro atoms. The van der Waals surface area contributed by atoms with E-state index in [1.807, 2.05) is 0 Å². The lowest BCUT2D eigenvalue weighted by Crippen LogP contribution is -2.41. The van der Waals surface area contributed by atoms with Gasteiger partial charge in [-0.2, -0.15) is 11.8 Å². The second-order valence-corrected chi connectivity index (χ2v) is 5.11. The zero-order chi connectivity index (χ0) is 7.84. The number of likely N-dealkylation sites (tertiary alicyclic amines) is 1. The smallest absolute Gasteiger partial charge is 0.0198 e. The van der Waals surface area contributed by atoms with Crippen molar-refractivity contribution in [2.24, 2.45) is 5.73 Å². The Morgan fingerprint density at radius 1 is 1.73 bits per heavy atom. The molecule has 2 aliphatic heterocycles. The van der Waals surface area contributed by atoms with Crippen molar-refractivity contribution >= 4 is 11.8 Å². The van der Waals surface area contributed by atoms with E-state index in [0.717, 1.165) is 17.8 Å². The highest BCUT2D eigenvalue weighted by Crippen LogP contribution is 2.37. The minimum atomic E-state index is 0.347. The van der Waals surface area contributed by atoms with Crippen molar-refractivity contribution in [3.63, 3.8) is 0 Å². The van der Waals surface area contributed by atoms with Crippen LogP contribution in [0.1, 0.15) is 13.3 Å². The highest BCUT2D eigenvalue weighted by Gasteiger charge is 2.38. The van der Waals surface area contributed by atoms with E-state index in [-0.39, 0.29) is 0 Å². The fraction of sp³-hybridized carbons (Fsp3) is 1.00. The molecule has 2 aliphatic rings. The van der Waals surface area contributed by atoms with E-state index in [9.17, 15) is 0 Å². The number of nitrogens with zero attached hydrogens (tertiary/aromatic N) is 1. The third kappa shape index (κ3) is 1.55. The zero-order valence-electron chi connectivity index (χ0n) is 6.99. The first-order chi connectivity index (χ1) is 5.25. The molecule has 2 fully saturated rings. The molecule has 0 aromatic heterocycles. The van der Waals surface area contributed by atoms with Gasteiger partial charge in [0.2, 0.25) is 0 Å². The second kappa shape index (κ2) is 2.96. The highest BCUT2D eigenvalue weighted by molar-refractivity contribution is 8.00. The predicted molar refractivity (Wildman–Crippen MR) is 49.9 cm³/mol. The average molecular weight is 172 g/mol. The van der Waals surface area contributed by atoms with Gasteiger partial charge < -0.3 is 5.73 Å². The maximum atomic E-state index is 5.76. The minimum absolute atomic E-state index is 0.347. The second-order valence-electron chi connectivity index (χ2n) is 3.78.